The van der Waals surface area contributed by atoms with Crippen LogP contribution in [0.2, 0.25) is 0 Å². The molecule has 0 aromatic rings. The average Bonchev–Trinajstić information content (AvgIpc) is 3.22. The van der Waals surface area contributed by atoms with Gasteiger partial charge in [0, 0.05) is 25.2 Å². The first-order valence-corrected chi connectivity index (χ1v) is 7.99. The molecule has 0 heterocycles. The number of nitrogens with zero attached hydrogens (tertiary/aromatic N) is 1. The maximum absolute atomic E-state index is 12.4. The molecule has 2 rings (SSSR count). The van der Waals surface area contributed by atoms with Crippen molar-refractivity contribution in [3.63, 3.8) is 0 Å². The van der Waals surface area contributed by atoms with Gasteiger partial charge in [0.05, 0.1) is 0 Å². The van der Waals surface area contributed by atoms with E-state index >= 15 is 0 Å². The van der Waals surface area contributed by atoms with Crippen LogP contribution >= 0.6 is 0 Å². The minimum absolute atomic E-state index is 0.132. The maximum atomic E-state index is 12.4. The molecule has 2 fully saturated rings. The van der Waals surface area contributed by atoms with Gasteiger partial charge in [-0.05, 0) is 38.5 Å². The first-order chi connectivity index (χ1) is 9.31. The quantitative estimate of drug-likeness (QED) is 0.575. The number of carbonyl (C=O) groups excluding carboxylic acids is 1. The van der Waals surface area contributed by atoms with Crippen molar-refractivity contribution in [2.24, 2.45) is 0 Å². The lowest BCUT2D eigenvalue weighted by Gasteiger charge is -2.26. The Bertz CT molecular complexity index is 271. The normalized spacial score (nSPS) is 20.9. The molecule has 2 saturated carbocycles. The van der Waals surface area contributed by atoms with Crippen molar-refractivity contribution in [1.82, 2.24) is 10.2 Å². The van der Waals surface area contributed by atoms with E-state index in [1.54, 1.807) is 0 Å². The average molecular weight is 268 g/mol. The van der Waals surface area contributed by atoms with Crippen LogP contribution in [-0.4, -0.2) is 41.3 Å². The van der Waals surface area contributed by atoms with Crippen LogP contribution in [-0.2, 0) is 0 Å². The van der Waals surface area contributed by atoms with E-state index in [0.717, 1.165) is 45.1 Å². The summed E-state index contributed by atoms with van der Waals surface area (Å²) in [6.07, 6.45) is 11.4. The summed E-state index contributed by atoms with van der Waals surface area (Å²) >= 11 is 0. The number of hydrogen-bond acceptors (Lipinski definition) is 2. The van der Waals surface area contributed by atoms with Gasteiger partial charge in [-0.2, -0.15) is 0 Å². The van der Waals surface area contributed by atoms with E-state index in [0.29, 0.717) is 12.1 Å². The van der Waals surface area contributed by atoms with Gasteiger partial charge in [0.2, 0.25) is 0 Å². The number of rotatable bonds is 6. The third kappa shape index (κ3) is 5.01. The zero-order valence-corrected chi connectivity index (χ0v) is 11.9. The minimum atomic E-state index is 0.132. The van der Waals surface area contributed by atoms with E-state index in [-0.39, 0.29) is 12.6 Å². The second-order valence-corrected chi connectivity index (χ2v) is 5.99. The SMILES string of the molecule is O=C(NC1CCCCCC1)N(CCCCO)C1CC1. The van der Waals surface area contributed by atoms with Gasteiger partial charge in [0.15, 0.2) is 0 Å². The number of unbranched alkanes of at least 4 members (excludes halogenated alkanes) is 1. The molecular weight excluding hydrogens is 240 g/mol. The van der Waals surface area contributed by atoms with Crippen LogP contribution in [0.4, 0.5) is 4.79 Å². The summed E-state index contributed by atoms with van der Waals surface area (Å²) in [5.41, 5.74) is 0. The molecular formula is C15H28N2O2. The second kappa shape index (κ2) is 7.73. The first-order valence-electron chi connectivity index (χ1n) is 7.99. The molecule has 0 aromatic heterocycles. The molecule has 110 valence electrons. The van der Waals surface area contributed by atoms with Crippen molar-refractivity contribution < 1.29 is 9.90 Å². The monoisotopic (exact) mass is 268 g/mol. The molecule has 0 unspecified atom stereocenters. The van der Waals surface area contributed by atoms with E-state index in [4.69, 9.17) is 5.11 Å². The molecule has 0 aromatic carbocycles. The summed E-state index contributed by atoms with van der Waals surface area (Å²) in [7, 11) is 0. The summed E-state index contributed by atoms with van der Waals surface area (Å²) in [6, 6.07) is 0.978. The highest BCUT2D eigenvalue weighted by Crippen LogP contribution is 2.27. The summed E-state index contributed by atoms with van der Waals surface area (Å²) in [6.45, 7) is 1.02. The van der Waals surface area contributed by atoms with Crippen LogP contribution in [0.3, 0.4) is 0 Å². The third-order valence-electron chi connectivity index (χ3n) is 4.24. The van der Waals surface area contributed by atoms with E-state index in [1.165, 1.54) is 25.7 Å². The zero-order valence-electron chi connectivity index (χ0n) is 11.9. The Morgan fingerprint density at radius 1 is 1.05 bits per heavy atom. The molecule has 2 N–H and O–H groups in total. The molecule has 2 amide bonds. The van der Waals surface area contributed by atoms with Crippen molar-refractivity contribution in [3.05, 3.63) is 0 Å². The maximum Gasteiger partial charge on any atom is 0.317 e. The molecule has 2 aliphatic carbocycles. The topological polar surface area (TPSA) is 52.6 Å². The molecule has 0 aliphatic heterocycles. The van der Waals surface area contributed by atoms with Crippen LogP contribution in [0.15, 0.2) is 0 Å². The Morgan fingerprint density at radius 3 is 2.32 bits per heavy atom. The molecule has 4 heteroatoms. The first kappa shape index (κ1) is 14.6. The van der Waals surface area contributed by atoms with Crippen LogP contribution in [0, 0.1) is 0 Å². The minimum Gasteiger partial charge on any atom is -0.396 e. The molecule has 0 spiro atoms. The smallest absolute Gasteiger partial charge is 0.317 e. The lowest BCUT2D eigenvalue weighted by atomic mass is 10.1. The van der Waals surface area contributed by atoms with Gasteiger partial charge in [-0.3, -0.25) is 0 Å². The molecule has 0 bridgehead atoms. The van der Waals surface area contributed by atoms with Gasteiger partial charge in [-0.25, -0.2) is 4.79 Å². The van der Waals surface area contributed by atoms with E-state index < -0.39 is 0 Å². The van der Waals surface area contributed by atoms with Crippen molar-refractivity contribution >= 4 is 6.03 Å². The number of amides is 2. The van der Waals surface area contributed by atoms with E-state index in [9.17, 15) is 4.79 Å². The van der Waals surface area contributed by atoms with E-state index in [1.807, 2.05) is 4.90 Å². The number of nitrogens with one attached hydrogen (secondary N) is 1. The third-order valence-corrected chi connectivity index (χ3v) is 4.24. The van der Waals surface area contributed by atoms with Gasteiger partial charge < -0.3 is 15.3 Å². The molecule has 0 saturated heterocycles. The predicted molar refractivity (Wildman–Crippen MR) is 76.1 cm³/mol. The van der Waals surface area contributed by atoms with E-state index in [2.05, 4.69) is 5.32 Å². The number of aliphatic hydroxyl groups is 1. The zero-order chi connectivity index (χ0) is 13.5. The lowest BCUT2D eigenvalue weighted by Crippen LogP contribution is -2.46. The Labute approximate surface area is 116 Å². The Hall–Kier alpha value is -0.770. The number of hydrogen-bond donors (Lipinski definition) is 2. The number of urea groups is 1. The number of aliphatic hydroxyl groups excluding tert-OH is 1. The Balaban J connectivity index is 1.77. The summed E-state index contributed by atoms with van der Waals surface area (Å²) in [5.74, 6) is 0. The Morgan fingerprint density at radius 2 is 1.74 bits per heavy atom. The van der Waals surface area contributed by atoms with Crippen molar-refractivity contribution in [2.45, 2.75) is 76.3 Å². The van der Waals surface area contributed by atoms with Gasteiger partial charge in [0.25, 0.3) is 0 Å². The summed E-state index contributed by atoms with van der Waals surface area (Å²) in [5, 5.41) is 12.1. The van der Waals surface area contributed by atoms with Gasteiger partial charge in [-0.15, -0.1) is 0 Å². The standard InChI is InChI=1S/C15H28N2O2/c18-12-6-5-11-17(14-9-10-14)15(19)16-13-7-3-1-2-4-8-13/h13-14,18H,1-12H2,(H,16,19). The highest BCUT2D eigenvalue weighted by molar-refractivity contribution is 5.75. The summed E-state index contributed by atoms with van der Waals surface area (Å²) < 4.78 is 0. The Kier molecular flexibility index (Phi) is 5.95. The predicted octanol–water partition coefficient (Wildman–Crippen LogP) is 2.66. The van der Waals surface area contributed by atoms with Crippen molar-refractivity contribution in [2.75, 3.05) is 13.2 Å². The largest absolute Gasteiger partial charge is 0.396 e. The fourth-order valence-corrected chi connectivity index (χ4v) is 2.91. The molecule has 19 heavy (non-hydrogen) atoms. The van der Waals surface area contributed by atoms with Crippen molar-refractivity contribution in [3.8, 4) is 0 Å². The highest BCUT2D eigenvalue weighted by atomic mass is 16.3. The summed E-state index contributed by atoms with van der Waals surface area (Å²) in [4.78, 5) is 14.4. The second-order valence-electron chi connectivity index (χ2n) is 5.99. The number of carbonyl (C=O) groups is 1. The van der Waals surface area contributed by atoms with Crippen LogP contribution in [0.5, 0.6) is 0 Å². The molecule has 0 radical (unpaired) electrons. The molecule has 4 nitrogen and oxygen atoms in total. The van der Waals surface area contributed by atoms with Gasteiger partial charge >= 0.3 is 6.03 Å². The molecule has 2 aliphatic rings. The van der Waals surface area contributed by atoms with Crippen LogP contribution < -0.4 is 5.32 Å². The highest BCUT2D eigenvalue weighted by Gasteiger charge is 2.32. The fourth-order valence-electron chi connectivity index (χ4n) is 2.91. The van der Waals surface area contributed by atoms with Crippen LogP contribution in [0.25, 0.3) is 0 Å². The van der Waals surface area contributed by atoms with Gasteiger partial charge in [-0.1, -0.05) is 25.7 Å². The molecule has 0 atom stereocenters. The lowest BCUT2D eigenvalue weighted by molar-refractivity contribution is 0.185. The van der Waals surface area contributed by atoms with Crippen LogP contribution in [0.1, 0.15) is 64.2 Å². The van der Waals surface area contributed by atoms with Crippen molar-refractivity contribution in [1.29, 1.82) is 0 Å². The van der Waals surface area contributed by atoms with Gasteiger partial charge in [0.1, 0.15) is 0 Å². The fraction of sp³-hybridized carbons (Fsp3) is 0.933.